The predicted molar refractivity (Wildman–Crippen MR) is 87.0 cm³/mol. The van der Waals surface area contributed by atoms with Gasteiger partial charge in [0.2, 0.25) is 5.54 Å². The van der Waals surface area contributed by atoms with Crippen LogP contribution in [0, 0.1) is 6.57 Å². The van der Waals surface area contributed by atoms with Crippen LogP contribution in [-0.4, -0.2) is 64.7 Å². The number of carbonyl (C=O) groups excluding carboxylic acids is 1. The van der Waals surface area contributed by atoms with Gasteiger partial charge in [-0.2, -0.15) is 0 Å². The molecule has 2 aliphatic rings. The van der Waals surface area contributed by atoms with Crippen molar-refractivity contribution in [1.82, 2.24) is 9.80 Å². The minimum atomic E-state index is -2.96. The molecular weight excluding hydrogens is 316 g/mol. The van der Waals surface area contributed by atoms with Gasteiger partial charge >= 0.3 is 6.09 Å². The third kappa shape index (κ3) is 3.97. The Morgan fingerprint density at radius 1 is 1.33 bits per heavy atom. The molecule has 0 aliphatic carbocycles. The Kier molecular flexibility index (Phi) is 4.84. The van der Waals surface area contributed by atoms with Crippen molar-refractivity contribution in [3.8, 4) is 0 Å². The standard InChI is InChI=1S/C17H27F2N3O2/c1-15(2,3)24-14(23)22-11-17(18,19)13-12(22)7-9-21(13)10-8-16(4,5)20-6/h12-13H,7-11H2,1-5H3/t12-,13+/m0/s1. The van der Waals surface area contributed by atoms with Crippen LogP contribution in [0.1, 0.15) is 47.5 Å². The molecule has 0 aromatic carbocycles. The number of fused-ring (bicyclic) bond motifs is 1. The van der Waals surface area contributed by atoms with E-state index < -0.39 is 41.8 Å². The van der Waals surface area contributed by atoms with E-state index >= 15 is 0 Å². The first-order valence-electron chi connectivity index (χ1n) is 8.36. The van der Waals surface area contributed by atoms with Crippen LogP contribution in [0.3, 0.4) is 0 Å². The summed E-state index contributed by atoms with van der Waals surface area (Å²) in [6.45, 7) is 16.3. The van der Waals surface area contributed by atoms with Crippen molar-refractivity contribution in [2.45, 2.75) is 76.6 Å². The first-order chi connectivity index (χ1) is 10.9. The van der Waals surface area contributed by atoms with Crippen molar-refractivity contribution in [2.24, 2.45) is 0 Å². The number of hydrogen-bond acceptors (Lipinski definition) is 3. The lowest BCUT2D eigenvalue weighted by atomic mass is 10.0. The van der Waals surface area contributed by atoms with Gasteiger partial charge in [0.25, 0.3) is 5.92 Å². The molecule has 2 heterocycles. The summed E-state index contributed by atoms with van der Waals surface area (Å²) in [4.78, 5) is 18.7. The van der Waals surface area contributed by atoms with Crippen molar-refractivity contribution >= 4 is 6.09 Å². The molecule has 0 bridgehead atoms. The normalized spacial score (nSPS) is 27.0. The van der Waals surface area contributed by atoms with E-state index in [1.54, 1.807) is 25.7 Å². The van der Waals surface area contributed by atoms with E-state index in [0.717, 1.165) is 0 Å². The van der Waals surface area contributed by atoms with Gasteiger partial charge in [-0.3, -0.25) is 9.80 Å². The second kappa shape index (κ2) is 6.14. The summed E-state index contributed by atoms with van der Waals surface area (Å²) in [6.07, 6.45) is 0.373. The molecule has 0 spiro atoms. The number of nitrogens with zero attached hydrogens (tertiary/aromatic N) is 3. The van der Waals surface area contributed by atoms with Crippen molar-refractivity contribution in [3.05, 3.63) is 11.4 Å². The van der Waals surface area contributed by atoms with Gasteiger partial charge in [0.1, 0.15) is 5.60 Å². The predicted octanol–water partition coefficient (Wildman–Crippen LogP) is 3.40. The molecule has 2 atom stereocenters. The van der Waals surface area contributed by atoms with Crippen LogP contribution < -0.4 is 0 Å². The fourth-order valence-electron chi connectivity index (χ4n) is 3.40. The van der Waals surface area contributed by atoms with Crippen LogP contribution in [0.4, 0.5) is 13.6 Å². The lowest BCUT2D eigenvalue weighted by molar-refractivity contribution is -0.0466. The Morgan fingerprint density at radius 3 is 2.50 bits per heavy atom. The zero-order valence-electron chi connectivity index (χ0n) is 15.1. The van der Waals surface area contributed by atoms with E-state index in [1.165, 1.54) is 4.90 Å². The molecule has 2 fully saturated rings. The van der Waals surface area contributed by atoms with Gasteiger partial charge in [0.15, 0.2) is 0 Å². The van der Waals surface area contributed by atoms with E-state index in [1.807, 2.05) is 13.8 Å². The molecule has 2 aliphatic heterocycles. The van der Waals surface area contributed by atoms with Gasteiger partial charge in [-0.1, -0.05) is 0 Å². The monoisotopic (exact) mass is 343 g/mol. The highest BCUT2D eigenvalue weighted by atomic mass is 19.3. The fourth-order valence-corrected chi connectivity index (χ4v) is 3.40. The highest BCUT2D eigenvalue weighted by Gasteiger charge is 2.61. The maximum Gasteiger partial charge on any atom is 0.410 e. The molecule has 0 unspecified atom stereocenters. The summed E-state index contributed by atoms with van der Waals surface area (Å²) in [5, 5.41) is 0. The molecule has 0 aromatic heterocycles. The van der Waals surface area contributed by atoms with E-state index in [-0.39, 0.29) is 0 Å². The van der Waals surface area contributed by atoms with E-state index in [9.17, 15) is 13.6 Å². The van der Waals surface area contributed by atoms with Crippen molar-refractivity contribution in [3.63, 3.8) is 0 Å². The topological polar surface area (TPSA) is 37.1 Å². The van der Waals surface area contributed by atoms with Crippen LogP contribution in [0.2, 0.25) is 0 Å². The van der Waals surface area contributed by atoms with E-state index in [2.05, 4.69) is 4.85 Å². The average molecular weight is 343 g/mol. The Morgan fingerprint density at radius 2 is 1.96 bits per heavy atom. The number of alkyl halides is 2. The molecule has 5 nitrogen and oxygen atoms in total. The molecule has 2 rings (SSSR count). The molecule has 0 radical (unpaired) electrons. The number of likely N-dealkylation sites (tertiary alicyclic amines) is 2. The number of ether oxygens (including phenoxy) is 1. The van der Waals surface area contributed by atoms with Crippen molar-refractivity contribution in [1.29, 1.82) is 0 Å². The summed E-state index contributed by atoms with van der Waals surface area (Å²) in [5.41, 5.74) is -1.26. The van der Waals surface area contributed by atoms with Crippen LogP contribution >= 0.6 is 0 Å². The summed E-state index contributed by atoms with van der Waals surface area (Å²) in [7, 11) is 0. The third-order valence-corrected chi connectivity index (χ3v) is 4.63. The molecule has 0 N–H and O–H groups in total. The maximum atomic E-state index is 14.5. The molecule has 7 heteroatoms. The summed E-state index contributed by atoms with van der Waals surface area (Å²) in [5.74, 6) is -2.96. The Labute approximate surface area is 142 Å². The molecule has 1 amide bonds. The molecule has 136 valence electrons. The number of amides is 1. The molecule has 0 aromatic rings. The second-order valence-electron chi connectivity index (χ2n) is 8.38. The number of hydrogen-bond donors (Lipinski definition) is 0. The zero-order valence-corrected chi connectivity index (χ0v) is 15.1. The molecule has 0 saturated carbocycles. The number of carbonyl (C=O) groups is 1. The zero-order chi connectivity index (χ0) is 18.3. The van der Waals surface area contributed by atoms with E-state index in [0.29, 0.717) is 25.9 Å². The SMILES string of the molecule is [C-]#[N+]C(C)(C)CCN1CC[C@H]2[C@@H]1C(F)(F)CN2C(=O)OC(C)(C)C. The Bertz CT molecular complexity index is 537. The quantitative estimate of drug-likeness (QED) is 0.737. The lowest BCUT2D eigenvalue weighted by Gasteiger charge is -2.29. The van der Waals surface area contributed by atoms with Crippen molar-refractivity contribution < 1.29 is 18.3 Å². The molecule has 2 saturated heterocycles. The van der Waals surface area contributed by atoms with E-state index in [4.69, 9.17) is 11.3 Å². The maximum absolute atomic E-state index is 14.5. The third-order valence-electron chi connectivity index (χ3n) is 4.63. The number of rotatable bonds is 3. The largest absolute Gasteiger partial charge is 0.444 e. The second-order valence-corrected chi connectivity index (χ2v) is 8.38. The highest BCUT2D eigenvalue weighted by Crippen LogP contribution is 2.42. The molecule has 24 heavy (non-hydrogen) atoms. The van der Waals surface area contributed by atoms with Gasteiger partial charge in [-0.15, -0.1) is 0 Å². The van der Waals surface area contributed by atoms with Crippen LogP contribution in [-0.2, 0) is 4.74 Å². The van der Waals surface area contributed by atoms with Crippen LogP contribution in [0.5, 0.6) is 0 Å². The average Bonchev–Trinajstić information content (AvgIpc) is 2.95. The first-order valence-corrected chi connectivity index (χ1v) is 8.36. The highest BCUT2D eigenvalue weighted by molar-refractivity contribution is 5.69. The van der Waals surface area contributed by atoms with Gasteiger partial charge in [-0.25, -0.2) is 20.1 Å². The Hall–Kier alpha value is -1.42. The van der Waals surface area contributed by atoms with Gasteiger partial charge in [-0.05, 0) is 27.2 Å². The fraction of sp³-hybridized carbons (Fsp3) is 0.882. The number of halogens is 2. The van der Waals surface area contributed by atoms with Crippen LogP contribution in [0.25, 0.3) is 4.85 Å². The van der Waals surface area contributed by atoms with Gasteiger partial charge in [0, 0.05) is 33.4 Å². The lowest BCUT2D eigenvalue weighted by Crippen LogP contribution is -2.46. The van der Waals surface area contributed by atoms with Crippen molar-refractivity contribution in [2.75, 3.05) is 19.6 Å². The minimum Gasteiger partial charge on any atom is -0.444 e. The minimum absolute atomic E-state index is 0.439. The first kappa shape index (κ1) is 18.9. The summed E-state index contributed by atoms with van der Waals surface area (Å²) >= 11 is 0. The van der Waals surface area contributed by atoms with Gasteiger partial charge in [0.05, 0.1) is 18.6 Å². The molecular formula is C17H27F2N3O2. The summed E-state index contributed by atoms with van der Waals surface area (Å²) < 4.78 is 34.4. The smallest absolute Gasteiger partial charge is 0.410 e. The summed E-state index contributed by atoms with van der Waals surface area (Å²) in [6, 6.07) is -1.50. The van der Waals surface area contributed by atoms with Crippen LogP contribution in [0.15, 0.2) is 0 Å². The Balaban J connectivity index is 2.09. The van der Waals surface area contributed by atoms with Gasteiger partial charge < -0.3 is 9.58 Å².